The Balaban J connectivity index is 0.000000762. The van der Waals surface area contributed by atoms with Crippen LogP contribution < -0.4 is 10.2 Å². The third-order valence-corrected chi connectivity index (χ3v) is 4.57. The summed E-state index contributed by atoms with van der Waals surface area (Å²) in [6, 6.07) is 11.5. The fraction of sp³-hybridized carbons (Fsp3) is 0.375. The molecule has 0 aliphatic heterocycles. The van der Waals surface area contributed by atoms with Gasteiger partial charge in [0.05, 0.1) is 16.9 Å². The van der Waals surface area contributed by atoms with Crippen LogP contribution in [0.3, 0.4) is 0 Å². The van der Waals surface area contributed by atoms with Gasteiger partial charge in [-0.1, -0.05) is 45.4 Å². The molecule has 0 spiro atoms. The summed E-state index contributed by atoms with van der Waals surface area (Å²) in [6.07, 6.45) is -5.08. The summed E-state index contributed by atoms with van der Waals surface area (Å²) in [6.45, 7) is 10.1. The molecule has 2 aromatic carbocycles. The Kier molecular flexibility index (Phi) is 11.0. The van der Waals surface area contributed by atoms with Gasteiger partial charge in [-0.15, -0.1) is 0 Å². The van der Waals surface area contributed by atoms with Gasteiger partial charge in [0.15, 0.2) is 0 Å². The Hall–Kier alpha value is -3.27. The first-order valence-electron chi connectivity index (χ1n) is 10.6. The maximum Gasteiger partial charge on any atom is 0.490 e. The third-order valence-electron chi connectivity index (χ3n) is 4.33. The highest BCUT2D eigenvalue weighted by Crippen LogP contribution is 2.30. The molecule has 0 atom stereocenters. The van der Waals surface area contributed by atoms with Gasteiger partial charge in [-0.25, -0.2) is 9.59 Å². The van der Waals surface area contributed by atoms with Crippen molar-refractivity contribution < 1.29 is 37.8 Å². The standard InChI is InChI=1S/C22H27ClN2O3.C2HF3O2/c1-14(2)12-25(13-15(3)4)20-9-8-17(22(27)28)11-19(20)24-21(26)16-6-5-7-18(23)10-16;3-2(4,5)1(6)7/h5-11,14-15H,12-13H2,1-4H3,(H,24,26)(H,27,28);(H,6,7). The summed E-state index contributed by atoms with van der Waals surface area (Å²) in [5.41, 5.74) is 1.83. The minimum Gasteiger partial charge on any atom is -0.478 e. The molecule has 192 valence electrons. The summed E-state index contributed by atoms with van der Waals surface area (Å²) in [7, 11) is 0. The Morgan fingerprint density at radius 1 is 0.943 bits per heavy atom. The Morgan fingerprint density at radius 3 is 1.91 bits per heavy atom. The predicted molar refractivity (Wildman–Crippen MR) is 128 cm³/mol. The summed E-state index contributed by atoms with van der Waals surface area (Å²) in [5.74, 6) is -3.30. The molecule has 2 aromatic rings. The molecule has 35 heavy (non-hydrogen) atoms. The van der Waals surface area contributed by atoms with Crippen molar-refractivity contribution in [1.29, 1.82) is 0 Å². The minimum atomic E-state index is -5.08. The lowest BCUT2D eigenvalue weighted by molar-refractivity contribution is -0.192. The lowest BCUT2D eigenvalue weighted by Crippen LogP contribution is -2.32. The van der Waals surface area contributed by atoms with Crippen LogP contribution in [0.25, 0.3) is 0 Å². The first-order valence-corrected chi connectivity index (χ1v) is 11.0. The minimum absolute atomic E-state index is 0.124. The van der Waals surface area contributed by atoms with E-state index in [0.717, 1.165) is 18.8 Å². The van der Waals surface area contributed by atoms with E-state index in [2.05, 4.69) is 37.9 Å². The fourth-order valence-electron chi connectivity index (χ4n) is 3.02. The summed E-state index contributed by atoms with van der Waals surface area (Å²) >= 11 is 5.99. The molecule has 7 nitrogen and oxygen atoms in total. The maximum absolute atomic E-state index is 12.7. The topological polar surface area (TPSA) is 107 Å². The van der Waals surface area contributed by atoms with E-state index in [9.17, 15) is 27.9 Å². The third kappa shape index (κ3) is 10.3. The molecule has 0 aromatic heterocycles. The van der Waals surface area contributed by atoms with E-state index in [1.807, 2.05) is 0 Å². The van der Waals surface area contributed by atoms with Crippen LogP contribution in [0.2, 0.25) is 5.02 Å². The number of benzene rings is 2. The van der Waals surface area contributed by atoms with Crippen LogP contribution in [0.1, 0.15) is 48.4 Å². The number of alkyl halides is 3. The quantitative estimate of drug-likeness (QED) is 0.395. The number of amides is 1. The van der Waals surface area contributed by atoms with Gasteiger partial charge in [0.1, 0.15) is 0 Å². The number of nitrogens with zero attached hydrogens (tertiary/aromatic N) is 1. The number of carbonyl (C=O) groups excluding carboxylic acids is 1. The first-order chi connectivity index (χ1) is 16.1. The van der Waals surface area contributed by atoms with Crippen molar-refractivity contribution in [3.8, 4) is 0 Å². The van der Waals surface area contributed by atoms with Crippen LogP contribution in [-0.2, 0) is 4.79 Å². The van der Waals surface area contributed by atoms with Crippen LogP contribution in [-0.4, -0.2) is 47.3 Å². The van der Waals surface area contributed by atoms with E-state index in [-0.39, 0.29) is 11.5 Å². The first kappa shape index (κ1) is 29.8. The fourth-order valence-corrected chi connectivity index (χ4v) is 3.21. The molecule has 0 saturated heterocycles. The van der Waals surface area contributed by atoms with E-state index in [4.69, 9.17) is 21.5 Å². The molecule has 0 aliphatic carbocycles. The Morgan fingerprint density at radius 2 is 1.49 bits per heavy atom. The number of anilines is 2. The molecule has 0 saturated carbocycles. The Bertz CT molecular complexity index is 1030. The number of carboxylic acid groups (broad SMARTS) is 2. The van der Waals surface area contributed by atoms with Crippen molar-refractivity contribution in [2.24, 2.45) is 11.8 Å². The zero-order chi connectivity index (χ0) is 26.9. The van der Waals surface area contributed by atoms with E-state index < -0.39 is 18.1 Å². The molecule has 0 fully saturated rings. The van der Waals surface area contributed by atoms with Crippen LogP contribution in [0.4, 0.5) is 24.5 Å². The SMILES string of the molecule is CC(C)CN(CC(C)C)c1ccc(C(=O)O)cc1NC(=O)c1cccc(Cl)c1.O=C(O)C(F)(F)F. The molecule has 2 rings (SSSR count). The number of carbonyl (C=O) groups is 3. The molecule has 0 radical (unpaired) electrons. The van der Waals surface area contributed by atoms with E-state index in [0.29, 0.717) is 28.1 Å². The zero-order valence-electron chi connectivity index (χ0n) is 19.7. The second kappa shape index (κ2) is 13.0. The molecular weight excluding hydrogens is 489 g/mol. The van der Waals surface area contributed by atoms with E-state index >= 15 is 0 Å². The molecule has 0 bridgehead atoms. The lowest BCUT2D eigenvalue weighted by Gasteiger charge is -2.30. The molecule has 3 N–H and O–H groups in total. The van der Waals surface area contributed by atoms with Gasteiger partial charge in [-0.2, -0.15) is 13.2 Å². The number of carboxylic acids is 2. The van der Waals surface area contributed by atoms with E-state index in [1.54, 1.807) is 36.4 Å². The molecule has 11 heteroatoms. The van der Waals surface area contributed by atoms with Crippen LogP contribution in [0.5, 0.6) is 0 Å². The van der Waals surface area contributed by atoms with E-state index in [1.165, 1.54) is 6.07 Å². The van der Waals surface area contributed by atoms with Gasteiger partial charge in [-0.05, 0) is 48.2 Å². The van der Waals surface area contributed by atoms with Crippen LogP contribution in [0.15, 0.2) is 42.5 Å². The average molecular weight is 517 g/mol. The number of hydrogen-bond donors (Lipinski definition) is 3. The number of halogens is 4. The van der Waals surface area contributed by atoms with Crippen molar-refractivity contribution in [2.75, 3.05) is 23.3 Å². The second-order valence-corrected chi connectivity index (χ2v) is 8.93. The van der Waals surface area contributed by atoms with Gasteiger partial charge in [0, 0.05) is 23.7 Å². The lowest BCUT2D eigenvalue weighted by atomic mass is 10.1. The van der Waals surface area contributed by atoms with Gasteiger partial charge in [0.25, 0.3) is 5.91 Å². The van der Waals surface area contributed by atoms with Gasteiger partial charge >= 0.3 is 18.1 Å². The van der Waals surface area contributed by atoms with Crippen molar-refractivity contribution in [3.63, 3.8) is 0 Å². The molecule has 0 heterocycles. The maximum atomic E-state index is 12.7. The highest BCUT2D eigenvalue weighted by Gasteiger charge is 2.38. The molecule has 1 amide bonds. The largest absolute Gasteiger partial charge is 0.490 e. The molecular formula is C24H28ClF3N2O5. The van der Waals surface area contributed by atoms with Crippen molar-refractivity contribution >= 4 is 40.8 Å². The molecule has 0 unspecified atom stereocenters. The zero-order valence-corrected chi connectivity index (χ0v) is 20.4. The van der Waals surface area contributed by atoms with Crippen LogP contribution in [0, 0.1) is 11.8 Å². The summed E-state index contributed by atoms with van der Waals surface area (Å²) in [5, 5.41) is 19.8. The molecule has 0 aliphatic rings. The van der Waals surface area contributed by atoms with Crippen LogP contribution >= 0.6 is 11.6 Å². The van der Waals surface area contributed by atoms with Gasteiger partial charge in [-0.3, -0.25) is 4.79 Å². The van der Waals surface area contributed by atoms with Gasteiger partial charge in [0.2, 0.25) is 0 Å². The highest BCUT2D eigenvalue weighted by atomic mass is 35.5. The monoisotopic (exact) mass is 516 g/mol. The average Bonchev–Trinajstić information content (AvgIpc) is 2.72. The smallest absolute Gasteiger partial charge is 0.478 e. The number of aromatic carboxylic acids is 1. The normalized spacial score (nSPS) is 11.0. The number of rotatable bonds is 8. The van der Waals surface area contributed by atoms with Crippen molar-refractivity contribution in [1.82, 2.24) is 0 Å². The number of aliphatic carboxylic acids is 1. The Labute approximate surface area is 206 Å². The predicted octanol–water partition coefficient (Wildman–Crippen LogP) is 6.04. The van der Waals surface area contributed by atoms with Crippen molar-refractivity contribution in [2.45, 2.75) is 33.9 Å². The van der Waals surface area contributed by atoms with Gasteiger partial charge < -0.3 is 20.4 Å². The summed E-state index contributed by atoms with van der Waals surface area (Å²) in [4.78, 5) is 35.3. The number of hydrogen-bond acceptors (Lipinski definition) is 4. The summed E-state index contributed by atoms with van der Waals surface area (Å²) < 4.78 is 31.7. The second-order valence-electron chi connectivity index (χ2n) is 8.50. The number of nitrogens with one attached hydrogen (secondary N) is 1. The van der Waals surface area contributed by atoms with Crippen molar-refractivity contribution in [3.05, 3.63) is 58.6 Å². The highest BCUT2D eigenvalue weighted by molar-refractivity contribution is 6.31.